The zero-order valence-corrected chi connectivity index (χ0v) is 31.8. The Hall–Kier alpha value is -7.20. The molecule has 2 heterocycles. The van der Waals surface area contributed by atoms with Gasteiger partial charge in [0.25, 0.3) is 0 Å². The number of thiophene rings is 1. The summed E-state index contributed by atoms with van der Waals surface area (Å²) in [5, 5.41) is 4.81. The molecule has 2 aromatic heterocycles. The smallest absolute Gasteiger partial charge is 0.143 e. The van der Waals surface area contributed by atoms with Gasteiger partial charge in [-0.2, -0.15) is 0 Å². The molecule has 2 nitrogen and oxygen atoms in total. The van der Waals surface area contributed by atoms with E-state index in [0.717, 1.165) is 61.3 Å². The maximum absolute atomic E-state index is 6.51. The molecule has 0 unspecified atom stereocenters. The van der Waals surface area contributed by atoms with E-state index in [1.807, 2.05) is 17.4 Å². The van der Waals surface area contributed by atoms with Gasteiger partial charge in [0.1, 0.15) is 11.2 Å². The number of benzene rings is 9. The number of para-hydroxylation sites is 1. The molecule has 0 bridgehead atoms. The largest absolute Gasteiger partial charge is 0.455 e. The highest BCUT2D eigenvalue weighted by Gasteiger charge is 2.21. The molecule has 0 atom stereocenters. The van der Waals surface area contributed by atoms with Gasteiger partial charge in [-0.05, 0) is 87.5 Å². The number of nitrogens with zero attached hydrogens (tertiary/aromatic N) is 1. The highest BCUT2D eigenvalue weighted by Crippen LogP contribution is 2.47. The first-order chi connectivity index (χ1) is 28.3. The van der Waals surface area contributed by atoms with Crippen LogP contribution in [0.5, 0.6) is 0 Å². The van der Waals surface area contributed by atoms with Crippen LogP contribution in [-0.4, -0.2) is 0 Å². The van der Waals surface area contributed by atoms with Gasteiger partial charge in [0, 0.05) is 43.2 Å². The maximum atomic E-state index is 6.51. The van der Waals surface area contributed by atoms with Gasteiger partial charge in [-0.25, -0.2) is 0 Å². The number of anilines is 3. The van der Waals surface area contributed by atoms with E-state index in [2.05, 4.69) is 211 Å². The molecule has 11 aromatic rings. The van der Waals surface area contributed by atoms with Gasteiger partial charge in [-0.3, -0.25) is 0 Å². The zero-order valence-electron chi connectivity index (χ0n) is 31.0. The second-order valence-corrected chi connectivity index (χ2v) is 15.5. The van der Waals surface area contributed by atoms with Crippen molar-refractivity contribution in [3.05, 3.63) is 212 Å². The van der Waals surface area contributed by atoms with Gasteiger partial charge in [-0.15, -0.1) is 11.3 Å². The van der Waals surface area contributed by atoms with Crippen LogP contribution in [0.2, 0.25) is 0 Å². The van der Waals surface area contributed by atoms with Gasteiger partial charge in [-0.1, -0.05) is 164 Å². The number of rotatable bonds is 7. The first-order valence-corrected chi connectivity index (χ1v) is 20.1. The summed E-state index contributed by atoms with van der Waals surface area (Å²) < 4.78 is 9.06. The fourth-order valence-electron chi connectivity index (χ4n) is 8.36. The minimum atomic E-state index is 0.893. The van der Waals surface area contributed by atoms with E-state index >= 15 is 0 Å². The molecule has 0 N–H and O–H groups in total. The fourth-order valence-corrected chi connectivity index (χ4v) is 9.57. The Balaban J connectivity index is 1.06. The quantitative estimate of drug-likeness (QED) is 0.162. The van der Waals surface area contributed by atoms with Crippen molar-refractivity contribution in [1.29, 1.82) is 0 Å². The number of furan rings is 1. The molecule has 3 heteroatoms. The second-order valence-electron chi connectivity index (χ2n) is 14.5. The van der Waals surface area contributed by atoms with Crippen molar-refractivity contribution >= 4 is 70.5 Å². The Morgan fingerprint density at radius 3 is 1.70 bits per heavy atom. The van der Waals surface area contributed by atoms with Crippen LogP contribution in [0.25, 0.3) is 86.6 Å². The molecule has 0 aliphatic carbocycles. The summed E-state index contributed by atoms with van der Waals surface area (Å²) >= 11 is 1.86. The van der Waals surface area contributed by atoms with Crippen LogP contribution in [0.3, 0.4) is 0 Å². The summed E-state index contributed by atoms with van der Waals surface area (Å²) in [7, 11) is 0. The SMILES string of the molecule is c1ccc(-c2ccc(N(c3ccc(-c4ccc5oc6c(-c7ccccc7)cccc6c5c4)cc3)c3cccc4c3sc3ccccc34)cc2-c2ccccc2)cc1. The van der Waals surface area contributed by atoms with Crippen molar-refractivity contribution in [2.75, 3.05) is 4.90 Å². The Bertz CT molecular complexity index is 3220. The molecular formula is C54H35NOS. The summed E-state index contributed by atoms with van der Waals surface area (Å²) in [6, 6.07) is 76.3. The fraction of sp³-hybridized carbons (Fsp3) is 0. The summed E-state index contributed by atoms with van der Waals surface area (Å²) in [5.41, 5.74) is 14.5. The molecule has 0 aliphatic rings. The van der Waals surface area contributed by atoms with E-state index in [1.165, 1.54) is 42.4 Å². The predicted molar refractivity (Wildman–Crippen MR) is 243 cm³/mol. The molecule has 0 fully saturated rings. The van der Waals surface area contributed by atoms with Crippen molar-refractivity contribution in [1.82, 2.24) is 0 Å². The van der Waals surface area contributed by atoms with Crippen molar-refractivity contribution in [3.8, 4) is 44.5 Å². The number of fused-ring (bicyclic) bond motifs is 6. The Kier molecular flexibility index (Phi) is 8.04. The van der Waals surface area contributed by atoms with Crippen molar-refractivity contribution < 1.29 is 4.42 Å². The molecule has 268 valence electrons. The van der Waals surface area contributed by atoms with Crippen LogP contribution in [-0.2, 0) is 0 Å². The molecular weight excluding hydrogens is 711 g/mol. The van der Waals surface area contributed by atoms with E-state index in [9.17, 15) is 0 Å². The van der Waals surface area contributed by atoms with Crippen LogP contribution in [0.15, 0.2) is 217 Å². The molecule has 0 aliphatic heterocycles. The molecule has 0 amide bonds. The van der Waals surface area contributed by atoms with Crippen LogP contribution in [0, 0.1) is 0 Å². The van der Waals surface area contributed by atoms with Crippen LogP contribution in [0.4, 0.5) is 17.1 Å². The van der Waals surface area contributed by atoms with Crippen LogP contribution < -0.4 is 4.90 Å². The average molecular weight is 746 g/mol. The van der Waals surface area contributed by atoms with E-state index in [0.29, 0.717) is 0 Å². The zero-order chi connectivity index (χ0) is 37.7. The van der Waals surface area contributed by atoms with E-state index in [4.69, 9.17) is 4.42 Å². The van der Waals surface area contributed by atoms with E-state index in [-0.39, 0.29) is 0 Å². The van der Waals surface area contributed by atoms with Gasteiger partial charge < -0.3 is 9.32 Å². The molecule has 0 saturated heterocycles. The Labute approximate surface area is 335 Å². The topological polar surface area (TPSA) is 16.4 Å². The summed E-state index contributed by atoms with van der Waals surface area (Å²) in [6.07, 6.45) is 0. The van der Waals surface area contributed by atoms with Crippen LogP contribution >= 0.6 is 11.3 Å². The maximum Gasteiger partial charge on any atom is 0.143 e. The lowest BCUT2D eigenvalue weighted by atomic mass is 9.93. The lowest BCUT2D eigenvalue weighted by Crippen LogP contribution is -2.10. The number of hydrogen-bond acceptors (Lipinski definition) is 3. The summed E-state index contributed by atoms with van der Waals surface area (Å²) in [4.78, 5) is 2.43. The molecule has 0 radical (unpaired) electrons. The first-order valence-electron chi connectivity index (χ1n) is 19.3. The van der Waals surface area contributed by atoms with E-state index < -0.39 is 0 Å². The Morgan fingerprint density at radius 2 is 0.947 bits per heavy atom. The first kappa shape index (κ1) is 33.2. The lowest BCUT2D eigenvalue weighted by molar-refractivity contribution is 0.670. The highest BCUT2D eigenvalue weighted by molar-refractivity contribution is 7.26. The van der Waals surface area contributed by atoms with Gasteiger partial charge >= 0.3 is 0 Å². The van der Waals surface area contributed by atoms with Crippen molar-refractivity contribution in [2.24, 2.45) is 0 Å². The molecule has 0 saturated carbocycles. The monoisotopic (exact) mass is 745 g/mol. The highest BCUT2D eigenvalue weighted by atomic mass is 32.1. The lowest BCUT2D eigenvalue weighted by Gasteiger charge is -2.27. The van der Waals surface area contributed by atoms with Crippen molar-refractivity contribution in [2.45, 2.75) is 0 Å². The molecule has 11 rings (SSSR count). The standard InChI is InChI=1S/C54H35NOS/c1-4-14-37(15-5-1)43-32-31-42(35-48(43)39-18-8-3-9-19-39)55(50-24-13-23-47-45-20-10-11-25-52(45)57-54(47)50)41-29-26-36(27-30-41)40-28-33-51-49(34-40)46-22-12-21-44(53(46)56-51)38-16-6-2-7-17-38/h1-35H. The van der Waals surface area contributed by atoms with E-state index in [1.54, 1.807) is 0 Å². The second kappa shape index (κ2) is 13.8. The molecule has 57 heavy (non-hydrogen) atoms. The third-order valence-corrected chi connectivity index (χ3v) is 12.3. The van der Waals surface area contributed by atoms with Gasteiger partial charge in [0.2, 0.25) is 0 Å². The normalized spacial score (nSPS) is 11.5. The van der Waals surface area contributed by atoms with Gasteiger partial charge in [0.15, 0.2) is 0 Å². The number of hydrogen-bond donors (Lipinski definition) is 0. The molecule has 9 aromatic carbocycles. The predicted octanol–water partition coefficient (Wildman–Crippen LogP) is 16.1. The summed E-state index contributed by atoms with van der Waals surface area (Å²) in [5.74, 6) is 0. The average Bonchev–Trinajstić information content (AvgIpc) is 3.86. The minimum absolute atomic E-state index is 0.893. The Morgan fingerprint density at radius 1 is 0.351 bits per heavy atom. The van der Waals surface area contributed by atoms with Crippen LogP contribution in [0.1, 0.15) is 0 Å². The molecule has 0 spiro atoms. The summed E-state index contributed by atoms with van der Waals surface area (Å²) in [6.45, 7) is 0. The minimum Gasteiger partial charge on any atom is -0.455 e. The third kappa shape index (κ3) is 5.80. The van der Waals surface area contributed by atoms with Gasteiger partial charge in [0.05, 0.1) is 10.4 Å². The van der Waals surface area contributed by atoms with Crippen molar-refractivity contribution in [3.63, 3.8) is 0 Å². The third-order valence-electron chi connectivity index (χ3n) is 11.1.